The molecule has 0 aromatic heterocycles. The highest BCUT2D eigenvalue weighted by molar-refractivity contribution is 6.35. The number of rotatable bonds is 5. The summed E-state index contributed by atoms with van der Waals surface area (Å²) in [6, 6.07) is 3.16. The molecule has 0 aliphatic heterocycles. The van der Waals surface area contributed by atoms with Gasteiger partial charge in [-0.3, -0.25) is 0 Å². The summed E-state index contributed by atoms with van der Waals surface area (Å²) in [6.45, 7) is 3.30. The van der Waals surface area contributed by atoms with Gasteiger partial charge in [-0.25, -0.2) is 18.5 Å². The summed E-state index contributed by atoms with van der Waals surface area (Å²) in [5, 5.41) is 9.10. The monoisotopic (exact) mass is 232 g/mol. The number of halogens is 2. The third-order valence-electron chi connectivity index (χ3n) is 1.47. The summed E-state index contributed by atoms with van der Waals surface area (Å²) in [6.07, 6.45) is -0.316. The fourth-order valence-corrected chi connectivity index (χ4v) is 0.874. The van der Waals surface area contributed by atoms with Crippen LogP contribution in [-0.4, -0.2) is 18.4 Å². The van der Waals surface area contributed by atoms with Gasteiger partial charge in [0.05, 0.1) is 6.10 Å². The molecule has 0 aliphatic rings. The second kappa shape index (κ2) is 5.79. The molecule has 0 fully saturated rings. The van der Waals surface area contributed by atoms with Crippen molar-refractivity contribution in [3.63, 3.8) is 0 Å². The lowest BCUT2D eigenvalue weighted by atomic mass is 10.2. The Bertz CT molecular complexity index is 328. The topological polar surface area (TPSA) is 47.9 Å². The van der Waals surface area contributed by atoms with Gasteiger partial charge in [-0.2, -0.15) is 0 Å². The predicted molar refractivity (Wildman–Crippen MR) is 52.3 cm³/mol. The van der Waals surface area contributed by atoms with E-state index in [1.54, 1.807) is 13.8 Å². The molecular formula is C9H11BF2O4. The molecule has 1 aromatic carbocycles. The average molecular weight is 232 g/mol. The Labute approximate surface area is 91.8 Å². The van der Waals surface area contributed by atoms with Crippen LogP contribution in [0, 0.1) is 11.6 Å². The van der Waals surface area contributed by atoms with E-state index in [2.05, 4.69) is 14.3 Å². The van der Waals surface area contributed by atoms with Crippen LogP contribution in [0.4, 0.5) is 8.78 Å². The fraction of sp³-hybridized carbons (Fsp3) is 0.333. The van der Waals surface area contributed by atoms with Crippen LogP contribution in [0.15, 0.2) is 18.2 Å². The molecule has 0 bridgehead atoms. The summed E-state index contributed by atoms with van der Waals surface area (Å²) in [5.74, 6) is -2.60. The van der Waals surface area contributed by atoms with Crippen molar-refractivity contribution in [2.45, 2.75) is 20.0 Å². The van der Waals surface area contributed by atoms with Gasteiger partial charge < -0.3 is 9.68 Å². The quantitative estimate of drug-likeness (QED) is 0.476. The second-order valence-corrected chi connectivity index (χ2v) is 3.22. The highest BCUT2D eigenvalue weighted by atomic mass is 19.1. The van der Waals surface area contributed by atoms with E-state index in [0.717, 1.165) is 12.1 Å². The minimum absolute atomic E-state index is 0.316. The Morgan fingerprint density at radius 3 is 2.31 bits per heavy atom. The molecule has 0 spiro atoms. The van der Waals surface area contributed by atoms with E-state index in [-0.39, 0.29) is 6.10 Å². The largest absolute Gasteiger partial charge is 0.739 e. The van der Waals surface area contributed by atoms with Gasteiger partial charge in [0.25, 0.3) is 0 Å². The van der Waals surface area contributed by atoms with E-state index >= 15 is 0 Å². The number of para-hydroxylation sites is 1. The molecule has 0 atom stereocenters. The molecule has 4 nitrogen and oxygen atoms in total. The summed E-state index contributed by atoms with van der Waals surface area (Å²) in [5.41, 5.74) is 0. The van der Waals surface area contributed by atoms with Crippen molar-refractivity contribution in [2.24, 2.45) is 0 Å². The van der Waals surface area contributed by atoms with E-state index in [9.17, 15) is 8.78 Å². The molecular weight excluding hydrogens is 221 g/mol. The first kappa shape index (κ1) is 12.9. The first-order valence-electron chi connectivity index (χ1n) is 4.61. The molecule has 7 heteroatoms. The highest BCUT2D eigenvalue weighted by Gasteiger charge is 2.24. The second-order valence-electron chi connectivity index (χ2n) is 3.22. The minimum Gasteiger partial charge on any atom is -0.506 e. The molecule has 1 rings (SSSR count). The van der Waals surface area contributed by atoms with Crippen LogP contribution >= 0.6 is 0 Å². The summed E-state index contributed by atoms with van der Waals surface area (Å²) < 4.78 is 30.6. The first-order chi connectivity index (χ1) is 7.50. The number of hydrogen-bond acceptors (Lipinski definition) is 4. The van der Waals surface area contributed by atoms with Crippen LogP contribution in [0.5, 0.6) is 5.75 Å². The van der Waals surface area contributed by atoms with Crippen molar-refractivity contribution in [3.8, 4) is 5.75 Å². The lowest BCUT2D eigenvalue weighted by Gasteiger charge is -2.11. The maximum absolute atomic E-state index is 13.0. The normalized spacial score (nSPS) is 10.6. The molecule has 0 radical (unpaired) electrons. The molecule has 16 heavy (non-hydrogen) atoms. The third-order valence-corrected chi connectivity index (χ3v) is 1.47. The summed E-state index contributed by atoms with van der Waals surface area (Å²) >= 11 is 0. The van der Waals surface area contributed by atoms with Gasteiger partial charge >= 0.3 is 7.32 Å². The van der Waals surface area contributed by atoms with Crippen LogP contribution in [-0.2, 0) is 9.69 Å². The van der Waals surface area contributed by atoms with E-state index < -0.39 is 24.7 Å². The Kier molecular flexibility index (Phi) is 4.66. The van der Waals surface area contributed by atoms with Gasteiger partial charge in [0, 0.05) is 0 Å². The zero-order valence-corrected chi connectivity index (χ0v) is 8.81. The fourth-order valence-electron chi connectivity index (χ4n) is 0.874. The maximum Gasteiger partial charge on any atom is 0.739 e. The Balaban J connectivity index is 2.59. The van der Waals surface area contributed by atoms with Gasteiger partial charge in [0.1, 0.15) is 0 Å². The highest BCUT2D eigenvalue weighted by Crippen LogP contribution is 2.21. The molecule has 0 heterocycles. The number of benzene rings is 1. The van der Waals surface area contributed by atoms with E-state index in [4.69, 9.17) is 5.02 Å². The summed E-state index contributed by atoms with van der Waals surface area (Å²) in [7, 11) is -1.89. The van der Waals surface area contributed by atoms with Crippen LogP contribution in [0.25, 0.3) is 0 Å². The lowest BCUT2D eigenvalue weighted by Crippen LogP contribution is -2.28. The standard InChI is InChI=1S/C9H11BF2O4/c1-6(2)15-16-10(13)14-9-7(11)4-3-5-8(9)12/h3-6,13H,1-2H3. The zero-order chi connectivity index (χ0) is 12.1. The van der Waals surface area contributed by atoms with Gasteiger partial charge in [0.15, 0.2) is 17.4 Å². The lowest BCUT2D eigenvalue weighted by molar-refractivity contribution is -0.258. The smallest absolute Gasteiger partial charge is 0.506 e. The van der Waals surface area contributed by atoms with Crippen molar-refractivity contribution in [2.75, 3.05) is 0 Å². The summed E-state index contributed by atoms with van der Waals surface area (Å²) in [4.78, 5) is 8.85. The van der Waals surface area contributed by atoms with Gasteiger partial charge in [-0.15, -0.1) is 0 Å². The maximum atomic E-state index is 13.0. The van der Waals surface area contributed by atoms with Crippen molar-refractivity contribution >= 4 is 7.32 Å². The van der Waals surface area contributed by atoms with E-state index in [1.807, 2.05) is 0 Å². The first-order valence-corrected chi connectivity index (χ1v) is 4.61. The van der Waals surface area contributed by atoms with Crippen molar-refractivity contribution in [3.05, 3.63) is 29.8 Å². The van der Waals surface area contributed by atoms with E-state index in [1.165, 1.54) is 6.07 Å². The van der Waals surface area contributed by atoms with Crippen LogP contribution in [0.2, 0.25) is 0 Å². The molecule has 88 valence electrons. The SMILES string of the molecule is CC(C)OOB(O)Oc1c(F)cccc1F. The van der Waals surface area contributed by atoms with Crippen molar-refractivity contribution < 1.29 is 28.2 Å². The molecule has 0 unspecified atom stereocenters. The average Bonchev–Trinajstić information content (AvgIpc) is 2.21. The molecule has 0 aliphatic carbocycles. The minimum atomic E-state index is -1.89. The van der Waals surface area contributed by atoms with Gasteiger partial charge in [-0.1, -0.05) is 6.07 Å². The predicted octanol–water partition coefficient (Wildman–Crippen LogP) is 1.68. The third kappa shape index (κ3) is 3.76. The van der Waals surface area contributed by atoms with Gasteiger partial charge in [0.2, 0.25) is 0 Å². The van der Waals surface area contributed by atoms with Crippen LogP contribution in [0.3, 0.4) is 0 Å². The Hall–Kier alpha value is -1.18. The number of hydrogen-bond donors (Lipinski definition) is 1. The molecule has 1 N–H and O–H groups in total. The molecule has 0 saturated carbocycles. The van der Waals surface area contributed by atoms with Crippen LogP contribution in [0.1, 0.15) is 13.8 Å². The Morgan fingerprint density at radius 2 is 1.81 bits per heavy atom. The van der Waals surface area contributed by atoms with Crippen LogP contribution < -0.4 is 4.65 Å². The molecule has 0 amide bonds. The van der Waals surface area contributed by atoms with Crippen molar-refractivity contribution in [1.29, 1.82) is 0 Å². The molecule has 0 saturated heterocycles. The van der Waals surface area contributed by atoms with Crippen molar-refractivity contribution in [1.82, 2.24) is 0 Å². The van der Waals surface area contributed by atoms with E-state index in [0.29, 0.717) is 0 Å². The molecule has 1 aromatic rings. The van der Waals surface area contributed by atoms with Gasteiger partial charge in [-0.05, 0) is 26.0 Å². The zero-order valence-electron chi connectivity index (χ0n) is 8.81. The Morgan fingerprint density at radius 1 is 1.25 bits per heavy atom.